The van der Waals surface area contributed by atoms with Gasteiger partial charge in [-0.1, -0.05) is 24.3 Å². The number of fused-ring (bicyclic) bond motifs is 3. The highest BCUT2D eigenvalue weighted by Gasteiger charge is 2.09. The van der Waals surface area contributed by atoms with Crippen LogP contribution in [0.2, 0.25) is 0 Å². The molecule has 2 aromatic carbocycles. The van der Waals surface area contributed by atoms with E-state index in [1.807, 2.05) is 25.3 Å². The van der Waals surface area contributed by atoms with E-state index in [0.29, 0.717) is 12.4 Å². The molecule has 0 fully saturated rings. The number of benzene rings is 2. The van der Waals surface area contributed by atoms with Gasteiger partial charge in [-0.15, -0.1) is 0 Å². The molecular weight excluding hydrogens is 334 g/mol. The molecule has 4 rings (SSSR count). The number of hydrogen-bond donors (Lipinski definition) is 1. The SMILES string of the molecule is CCOc1ccc(CCc2cnc3c(N)nc4cc(C)ccc4c3c2)cc1. The molecule has 0 radical (unpaired) electrons. The van der Waals surface area contributed by atoms with Gasteiger partial charge in [0.2, 0.25) is 0 Å². The van der Waals surface area contributed by atoms with E-state index in [-0.39, 0.29) is 0 Å². The van der Waals surface area contributed by atoms with Gasteiger partial charge in [0.15, 0.2) is 5.82 Å². The van der Waals surface area contributed by atoms with Gasteiger partial charge < -0.3 is 10.5 Å². The lowest BCUT2D eigenvalue weighted by molar-refractivity contribution is 0.340. The van der Waals surface area contributed by atoms with E-state index in [1.165, 1.54) is 16.7 Å². The zero-order valence-electron chi connectivity index (χ0n) is 15.7. The van der Waals surface area contributed by atoms with Crippen molar-refractivity contribution in [2.75, 3.05) is 12.3 Å². The predicted molar refractivity (Wildman–Crippen MR) is 111 cm³/mol. The van der Waals surface area contributed by atoms with Crippen molar-refractivity contribution in [3.8, 4) is 5.75 Å². The summed E-state index contributed by atoms with van der Waals surface area (Å²) in [7, 11) is 0. The Morgan fingerprint density at radius 3 is 2.48 bits per heavy atom. The van der Waals surface area contributed by atoms with Crippen LogP contribution >= 0.6 is 0 Å². The van der Waals surface area contributed by atoms with Crippen molar-refractivity contribution in [1.29, 1.82) is 0 Å². The molecule has 27 heavy (non-hydrogen) atoms. The van der Waals surface area contributed by atoms with Gasteiger partial charge in [0.05, 0.1) is 12.1 Å². The molecule has 0 atom stereocenters. The zero-order valence-corrected chi connectivity index (χ0v) is 15.7. The van der Waals surface area contributed by atoms with Crippen LogP contribution in [0, 0.1) is 6.92 Å². The van der Waals surface area contributed by atoms with Crippen molar-refractivity contribution < 1.29 is 4.74 Å². The normalized spacial score (nSPS) is 11.2. The van der Waals surface area contributed by atoms with Crippen molar-refractivity contribution in [3.63, 3.8) is 0 Å². The standard InChI is InChI=1S/C23H23N3O/c1-3-27-18-9-7-16(8-10-18)5-6-17-13-20-19-11-4-15(2)12-21(19)26-23(24)22(20)25-14-17/h4,7-14H,3,5-6H2,1-2H3,(H2,24,26). The Morgan fingerprint density at radius 1 is 0.926 bits per heavy atom. The highest BCUT2D eigenvalue weighted by Crippen LogP contribution is 2.28. The molecule has 0 aliphatic rings. The van der Waals surface area contributed by atoms with Gasteiger partial charge in [0.25, 0.3) is 0 Å². The highest BCUT2D eigenvalue weighted by molar-refractivity contribution is 6.08. The summed E-state index contributed by atoms with van der Waals surface area (Å²) >= 11 is 0. The monoisotopic (exact) mass is 357 g/mol. The number of ether oxygens (including phenoxy) is 1. The fourth-order valence-corrected chi connectivity index (χ4v) is 3.41. The highest BCUT2D eigenvalue weighted by atomic mass is 16.5. The smallest absolute Gasteiger partial charge is 0.150 e. The number of nitrogens with zero attached hydrogens (tertiary/aromatic N) is 2. The molecule has 0 spiro atoms. The molecule has 2 heterocycles. The number of aryl methyl sites for hydroxylation is 3. The molecule has 0 saturated heterocycles. The summed E-state index contributed by atoms with van der Waals surface area (Å²) in [6.07, 6.45) is 3.79. The maximum Gasteiger partial charge on any atom is 0.150 e. The Bertz CT molecular complexity index is 1100. The molecule has 136 valence electrons. The number of nitrogens with two attached hydrogens (primary N) is 1. The first-order valence-corrected chi connectivity index (χ1v) is 9.30. The quantitative estimate of drug-likeness (QED) is 0.518. The second-order valence-electron chi connectivity index (χ2n) is 6.83. The molecular formula is C23H23N3O. The predicted octanol–water partition coefficient (Wildman–Crippen LogP) is 4.86. The van der Waals surface area contributed by atoms with Crippen LogP contribution in [0.4, 0.5) is 5.82 Å². The summed E-state index contributed by atoms with van der Waals surface area (Å²) in [5, 5.41) is 2.17. The van der Waals surface area contributed by atoms with Gasteiger partial charge in [-0.3, -0.25) is 4.98 Å². The van der Waals surface area contributed by atoms with Gasteiger partial charge in [-0.2, -0.15) is 0 Å². The van der Waals surface area contributed by atoms with Crippen molar-refractivity contribution >= 4 is 27.6 Å². The molecule has 2 N–H and O–H groups in total. The third-order valence-corrected chi connectivity index (χ3v) is 4.81. The molecule has 4 heteroatoms. The van der Waals surface area contributed by atoms with Gasteiger partial charge >= 0.3 is 0 Å². The second-order valence-corrected chi connectivity index (χ2v) is 6.83. The van der Waals surface area contributed by atoms with E-state index in [9.17, 15) is 0 Å². The molecule has 4 nitrogen and oxygen atoms in total. The average Bonchev–Trinajstić information content (AvgIpc) is 2.67. The Kier molecular flexibility index (Phi) is 4.63. The lowest BCUT2D eigenvalue weighted by Gasteiger charge is -2.09. The first kappa shape index (κ1) is 17.3. The maximum atomic E-state index is 6.14. The van der Waals surface area contributed by atoms with Crippen LogP contribution in [0.5, 0.6) is 5.75 Å². The minimum Gasteiger partial charge on any atom is -0.494 e. The number of rotatable bonds is 5. The van der Waals surface area contributed by atoms with Crippen LogP contribution in [0.15, 0.2) is 54.7 Å². The molecule has 0 bridgehead atoms. The first-order valence-electron chi connectivity index (χ1n) is 9.30. The summed E-state index contributed by atoms with van der Waals surface area (Å²) < 4.78 is 5.50. The largest absolute Gasteiger partial charge is 0.494 e. The Hall–Kier alpha value is -3.14. The summed E-state index contributed by atoms with van der Waals surface area (Å²) in [4.78, 5) is 9.11. The number of hydrogen-bond acceptors (Lipinski definition) is 4. The van der Waals surface area contributed by atoms with Crippen LogP contribution in [-0.4, -0.2) is 16.6 Å². The third-order valence-electron chi connectivity index (χ3n) is 4.81. The Morgan fingerprint density at radius 2 is 1.70 bits per heavy atom. The van der Waals surface area contributed by atoms with Crippen LogP contribution < -0.4 is 10.5 Å². The van der Waals surface area contributed by atoms with Gasteiger partial charge in [-0.25, -0.2) is 4.98 Å². The maximum absolute atomic E-state index is 6.14. The fourth-order valence-electron chi connectivity index (χ4n) is 3.41. The third kappa shape index (κ3) is 3.56. The van der Waals surface area contributed by atoms with Crippen molar-refractivity contribution in [1.82, 2.24) is 9.97 Å². The zero-order chi connectivity index (χ0) is 18.8. The van der Waals surface area contributed by atoms with Crippen LogP contribution in [0.25, 0.3) is 21.8 Å². The van der Waals surface area contributed by atoms with Crippen LogP contribution in [0.3, 0.4) is 0 Å². The molecule has 0 aliphatic heterocycles. The minimum absolute atomic E-state index is 0.487. The Labute approximate surface area is 159 Å². The lowest BCUT2D eigenvalue weighted by Crippen LogP contribution is -1.98. The summed E-state index contributed by atoms with van der Waals surface area (Å²) in [6, 6.07) is 16.8. The fraction of sp³-hybridized carbons (Fsp3) is 0.217. The molecule has 2 aromatic heterocycles. The number of aromatic nitrogens is 2. The number of pyridine rings is 2. The number of anilines is 1. The Balaban J connectivity index is 1.63. The van der Waals surface area contributed by atoms with Crippen molar-refractivity contribution in [2.24, 2.45) is 0 Å². The minimum atomic E-state index is 0.487. The molecule has 0 unspecified atom stereocenters. The molecule has 0 aliphatic carbocycles. The van der Waals surface area contributed by atoms with E-state index in [2.05, 4.69) is 53.3 Å². The second kappa shape index (κ2) is 7.23. The molecule has 0 amide bonds. The molecule has 4 aromatic rings. The lowest BCUT2D eigenvalue weighted by atomic mass is 10.0. The van der Waals surface area contributed by atoms with Crippen molar-refractivity contribution in [2.45, 2.75) is 26.7 Å². The van der Waals surface area contributed by atoms with E-state index >= 15 is 0 Å². The number of nitrogen functional groups attached to an aromatic ring is 1. The van der Waals surface area contributed by atoms with Gasteiger partial charge in [-0.05, 0) is 67.6 Å². The van der Waals surface area contributed by atoms with E-state index < -0.39 is 0 Å². The molecule has 0 saturated carbocycles. The van der Waals surface area contributed by atoms with Gasteiger partial charge in [0, 0.05) is 17.0 Å². The summed E-state index contributed by atoms with van der Waals surface area (Å²) in [6.45, 7) is 4.74. The first-order chi connectivity index (χ1) is 13.1. The van der Waals surface area contributed by atoms with Crippen LogP contribution in [-0.2, 0) is 12.8 Å². The average molecular weight is 357 g/mol. The van der Waals surface area contributed by atoms with Crippen molar-refractivity contribution in [3.05, 3.63) is 71.4 Å². The van der Waals surface area contributed by atoms with E-state index in [4.69, 9.17) is 10.5 Å². The van der Waals surface area contributed by atoms with Crippen LogP contribution in [0.1, 0.15) is 23.6 Å². The van der Waals surface area contributed by atoms with E-state index in [0.717, 1.165) is 40.4 Å². The topological polar surface area (TPSA) is 61.0 Å². The summed E-state index contributed by atoms with van der Waals surface area (Å²) in [5.41, 5.74) is 11.5. The van der Waals surface area contributed by atoms with E-state index in [1.54, 1.807) is 0 Å². The summed E-state index contributed by atoms with van der Waals surface area (Å²) in [5.74, 6) is 1.40. The van der Waals surface area contributed by atoms with Gasteiger partial charge in [0.1, 0.15) is 11.3 Å².